The molecule has 0 spiro atoms. The number of carbonyl (C=O) groups is 2. The van der Waals surface area contributed by atoms with E-state index in [9.17, 15) is 9.59 Å². The van der Waals surface area contributed by atoms with Crippen molar-refractivity contribution in [2.24, 2.45) is 0 Å². The molecule has 3 rings (SSSR count). The van der Waals surface area contributed by atoms with Gasteiger partial charge >= 0.3 is 0 Å². The molecular weight excluding hydrogens is 346 g/mol. The number of aromatic nitrogens is 1. The summed E-state index contributed by atoms with van der Waals surface area (Å²) >= 11 is 7.38. The maximum Gasteiger partial charge on any atom is 0.263 e. The Morgan fingerprint density at radius 2 is 2.25 bits per heavy atom. The Hall–Kier alpha value is -1.92. The van der Waals surface area contributed by atoms with Crippen molar-refractivity contribution >= 4 is 34.8 Å². The number of amides is 2. The first-order valence-electron chi connectivity index (χ1n) is 7.84. The quantitative estimate of drug-likeness (QED) is 0.879. The summed E-state index contributed by atoms with van der Waals surface area (Å²) in [6, 6.07) is 7.44. The number of nitrogens with zero attached hydrogens (tertiary/aromatic N) is 1. The second kappa shape index (κ2) is 7.32. The van der Waals surface area contributed by atoms with E-state index in [2.05, 4.69) is 15.6 Å². The van der Waals surface area contributed by atoms with Gasteiger partial charge in [-0.3, -0.25) is 9.59 Å². The molecule has 0 radical (unpaired) electrons. The number of nitrogens with one attached hydrogen (secondary N) is 2. The summed E-state index contributed by atoms with van der Waals surface area (Å²) in [5, 5.41) is 7.26. The lowest BCUT2D eigenvalue weighted by Gasteiger charge is -2.14. The minimum atomic E-state index is -0.127. The van der Waals surface area contributed by atoms with Gasteiger partial charge in [0.15, 0.2) is 0 Å². The third-order valence-electron chi connectivity index (χ3n) is 3.94. The molecule has 2 heterocycles. The van der Waals surface area contributed by atoms with Crippen molar-refractivity contribution < 1.29 is 9.59 Å². The zero-order valence-corrected chi connectivity index (χ0v) is 14.8. The number of rotatable bonds is 3. The maximum absolute atomic E-state index is 12.6. The molecule has 0 saturated carbocycles. The zero-order valence-electron chi connectivity index (χ0n) is 13.3. The van der Waals surface area contributed by atoms with E-state index in [4.69, 9.17) is 11.6 Å². The van der Waals surface area contributed by atoms with Crippen molar-refractivity contribution in [3.8, 4) is 10.6 Å². The summed E-state index contributed by atoms with van der Waals surface area (Å²) in [4.78, 5) is 29.1. The second-order valence-corrected chi connectivity index (χ2v) is 7.23. The molecule has 2 N–H and O–H groups in total. The van der Waals surface area contributed by atoms with Gasteiger partial charge in [-0.05, 0) is 31.9 Å². The summed E-state index contributed by atoms with van der Waals surface area (Å²) in [5.41, 5.74) is 1.61. The average Bonchev–Trinajstić information content (AvgIpc) is 2.82. The van der Waals surface area contributed by atoms with E-state index in [0.717, 1.165) is 17.0 Å². The molecule has 0 bridgehead atoms. The molecule has 1 aromatic heterocycles. The van der Waals surface area contributed by atoms with Gasteiger partial charge in [0.2, 0.25) is 5.91 Å². The number of hydrogen-bond donors (Lipinski definition) is 2. The molecule has 1 aliphatic rings. The Balaban J connectivity index is 1.74. The predicted octanol–water partition coefficient (Wildman–Crippen LogP) is 3.17. The van der Waals surface area contributed by atoms with E-state index < -0.39 is 0 Å². The maximum atomic E-state index is 12.6. The Bertz CT molecular complexity index is 775. The number of carbonyl (C=O) groups excluding carboxylic acids is 2. The van der Waals surface area contributed by atoms with E-state index in [0.29, 0.717) is 35.0 Å². The van der Waals surface area contributed by atoms with Crippen molar-refractivity contribution in [2.75, 3.05) is 6.54 Å². The van der Waals surface area contributed by atoms with Crippen LogP contribution >= 0.6 is 22.9 Å². The molecule has 24 heavy (non-hydrogen) atoms. The summed E-state index contributed by atoms with van der Waals surface area (Å²) < 4.78 is 0. The third-order valence-corrected chi connectivity index (χ3v) is 5.38. The second-order valence-electron chi connectivity index (χ2n) is 5.79. The fourth-order valence-electron chi connectivity index (χ4n) is 2.67. The SMILES string of the molecule is Cc1nc(-c2cccc(Cl)c2)sc1C(=O)NC1CCNC(=O)CC1. The Morgan fingerprint density at radius 3 is 3.04 bits per heavy atom. The predicted molar refractivity (Wildman–Crippen MR) is 95.4 cm³/mol. The standard InChI is InChI=1S/C17H18ClN3O2S/c1-10-15(16(23)21-13-5-6-14(22)19-8-7-13)24-17(20-10)11-3-2-4-12(18)9-11/h2-4,9,13H,5-8H2,1H3,(H,19,22)(H,21,23). The van der Waals surface area contributed by atoms with Crippen molar-refractivity contribution in [2.45, 2.75) is 32.2 Å². The number of halogens is 1. The van der Waals surface area contributed by atoms with Gasteiger partial charge in [0.25, 0.3) is 5.91 Å². The number of aryl methyl sites for hydroxylation is 1. The molecule has 126 valence electrons. The lowest BCUT2D eigenvalue weighted by atomic mass is 10.1. The molecule has 1 fully saturated rings. The van der Waals surface area contributed by atoms with Gasteiger partial charge in [-0.15, -0.1) is 11.3 Å². The van der Waals surface area contributed by atoms with Gasteiger partial charge in [0, 0.05) is 29.6 Å². The first-order chi connectivity index (χ1) is 11.5. The smallest absolute Gasteiger partial charge is 0.263 e. The molecule has 0 aliphatic carbocycles. The Kier molecular flexibility index (Phi) is 5.16. The van der Waals surface area contributed by atoms with Crippen LogP contribution in [0.4, 0.5) is 0 Å². The summed E-state index contributed by atoms with van der Waals surface area (Å²) in [5.74, 6) is -0.0819. The van der Waals surface area contributed by atoms with E-state index in [1.807, 2.05) is 25.1 Å². The van der Waals surface area contributed by atoms with Crippen LogP contribution in [0.1, 0.15) is 34.6 Å². The van der Waals surface area contributed by atoms with Gasteiger partial charge in [-0.1, -0.05) is 23.7 Å². The van der Waals surface area contributed by atoms with Gasteiger partial charge in [-0.2, -0.15) is 0 Å². The van der Waals surface area contributed by atoms with Crippen LogP contribution < -0.4 is 10.6 Å². The minimum Gasteiger partial charge on any atom is -0.356 e. The van der Waals surface area contributed by atoms with E-state index in [-0.39, 0.29) is 17.9 Å². The largest absolute Gasteiger partial charge is 0.356 e. The van der Waals surface area contributed by atoms with Crippen LogP contribution in [0.15, 0.2) is 24.3 Å². The Morgan fingerprint density at radius 1 is 1.42 bits per heavy atom. The van der Waals surface area contributed by atoms with Crippen molar-refractivity contribution in [1.82, 2.24) is 15.6 Å². The average molecular weight is 364 g/mol. The van der Waals surface area contributed by atoms with Crippen LogP contribution in [-0.4, -0.2) is 29.4 Å². The molecule has 7 heteroatoms. The van der Waals surface area contributed by atoms with Crippen LogP contribution in [0.3, 0.4) is 0 Å². The third kappa shape index (κ3) is 3.94. The van der Waals surface area contributed by atoms with Gasteiger partial charge < -0.3 is 10.6 Å². The lowest BCUT2D eigenvalue weighted by Crippen LogP contribution is -2.35. The summed E-state index contributed by atoms with van der Waals surface area (Å²) in [6.07, 6.45) is 1.85. The highest BCUT2D eigenvalue weighted by atomic mass is 35.5. The Labute approximate surface area is 149 Å². The topological polar surface area (TPSA) is 71.1 Å². The number of hydrogen-bond acceptors (Lipinski definition) is 4. The fourth-order valence-corrected chi connectivity index (χ4v) is 3.83. The highest BCUT2D eigenvalue weighted by Crippen LogP contribution is 2.29. The van der Waals surface area contributed by atoms with Crippen LogP contribution in [0.5, 0.6) is 0 Å². The molecule has 1 aliphatic heterocycles. The molecule has 2 amide bonds. The van der Waals surface area contributed by atoms with Crippen LogP contribution in [0.25, 0.3) is 10.6 Å². The molecular formula is C17H18ClN3O2S. The zero-order chi connectivity index (χ0) is 17.1. The summed E-state index contributed by atoms with van der Waals surface area (Å²) in [6.45, 7) is 2.43. The number of thiazole rings is 1. The normalized spacial score (nSPS) is 17.9. The van der Waals surface area contributed by atoms with Crippen LogP contribution in [0.2, 0.25) is 5.02 Å². The van der Waals surface area contributed by atoms with E-state index in [1.165, 1.54) is 11.3 Å². The van der Waals surface area contributed by atoms with E-state index >= 15 is 0 Å². The van der Waals surface area contributed by atoms with Crippen molar-refractivity contribution in [3.05, 3.63) is 39.9 Å². The molecule has 2 aromatic rings. The lowest BCUT2D eigenvalue weighted by molar-refractivity contribution is -0.120. The van der Waals surface area contributed by atoms with Gasteiger partial charge in [0.05, 0.1) is 5.69 Å². The molecule has 1 unspecified atom stereocenters. The monoisotopic (exact) mass is 363 g/mol. The number of benzene rings is 1. The first kappa shape index (κ1) is 16.9. The van der Waals surface area contributed by atoms with Crippen molar-refractivity contribution in [3.63, 3.8) is 0 Å². The van der Waals surface area contributed by atoms with Crippen molar-refractivity contribution in [1.29, 1.82) is 0 Å². The van der Waals surface area contributed by atoms with Crippen LogP contribution in [0, 0.1) is 6.92 Å². The van der Waals surface area contributed by atoms with Gasteiger partial charge in [0.1, 0.15) is 9.88 Å². The van der Waals surface area contributed by atoms with Gasteiger partial charge in [-0.25, -0.2) is 4.98 Å². The first-order valence-corrected chi connectivity index (χ1v) is 9.03. The molecule has 1 atom stereocenters. The molecule has 1 saturated heterocycles. The van der Waals surface area contributed by atoms with E-state index in [1.54, 1.807) is 6.07 Å². The fraction of sp³-hybridized carbons (Fsp3) is 0.353. The summed E-state index contributed by atoms with van der Waals surface area (Å²) in [7, 11) is 0. The highest BCUT2D eigenvalue weighted by molar-refractivity contribution is 7.17. The minimum absolute atomic E-state index is 0.00701. The highest BCUT2D eigenvalue weighted by Gasteiger charge is 2.21. The van der Waals surface area contributed by atoms with Crippen LogP contribution in [-0.2, 0) is 4.79 Å². The molecule has 5 nitrogen and oxygen atoms in total. The molecule has 1 aromatic carbocycles.